The van der Waals surface area contributed by atoms with Gasteiger partial charge in [0.15, 0.2) is 0 Å². The van der Waals surface area contributed by atoms with E-state index in [-0.39, 0.29) is 11.9 Å². The molecular weight excluding hydrogens is 266 g/mol. The van der Waals surface area contributed by atoms with E-state index in [4.69, 9.17) is 4.74 Å². The third-order valence-electron chi connectivity index (χ3n) is 3.80. The Labute approximate surface area is 125 Å². The van der Waals surface area contributed by atoms with Crippen LogP contribution in [0.4, 0.5) is 5.69 Å². The van der Waals surface area contributed by atoms with Gasteiger partial charge in [-0.1, -0.05) is 0 Å². The number of piperidine rings is 1. The first-order valence-electron chi connectivity index (χ1n) is 7.36. The number of nitriles is 1. The molecule has 2 heterocycles. The minimum absolute atomic E-state index is 0.112. The van der Waals surface area contributed by atoms with Crippen LogP contribution < -0.4 is 4.90 Å². The monoisotopic (exact) mass is 287 g/mol. The smallest absolute Gasteiger partial charge is 0.310 e. The summed E-state index contributed by atoms with van der Waals surface area (Å²) in [4.78, 5) is 18.4. The maximum absolute atomic E-state index is 11.9. The fourth-order valence-electron chi connectivity index (χ4n) is 2.84. The predicted octanol–water partition coefficient (Wildman–Crippen LogP) is 2.35. The van der Waals surface area contributed by atoms with Crippen LogP contribution in [0.2, 0.25) is 0 Å². The van der Waals surface area contributed by atoms with E-state index in [1.165, 1.54) is 0 Å². The van der Waals surface area contributed by atoms with E-state index >= 15 is 0 Å². The summed E-state index contributed by atoms with van der Waals surface area (Å²) in [6.07, 6.45) is 1.77. The van der Waals surface area contributed by atoms with E-state index in [1.807, 2.05) is 26.8 Å². The largest absolute Gasteiger partial charge is 0.466 e. The zero-order valence-corrected chi connectivity index (χ0v) is 12.8. The number of hydrogen-bond donors (Lipinski definition) is 0. The second-order valence-corrected chi connectivity index (χ2v) is 5.39. The molecule has 1 unspecified atom stereocenters. The Bertz CT molecular complexity index is 578. The van der Waals surface area contributed by atoms with E-state index in [9.17, 15) is 10.1 Å². The third-order valence-corrected chi connectivity index (χ3v) is 3.80. The summed E-state index contributed by atoms with van der Waals surface area (Å²) in [7, 11) is 0. The number of hydrogen-bond acceptors (Lipinski definition) is 5. The highest BCUT2D eigenvalue weighted by atomic mass is 16.5. The number of carbonyl (C=O) groups is 1. The van der Waals surface area contributed by atoms with Crippen LogP contribution in [-0.2, 0) is 9.53 Å². The number of anilines is 1. The van der Waals surface area contributed by atoms with Crippen molar-refractivity contribution >= 4 is 11.7 Å². The molecule has 1 aromatic heterocycles. The average molecular weight is 287 g/mol. The van der Waals surface area contributed by atoms with Gasteiger partial charge in [0, 0.05) is 18.8 Å². The van der Waals surface area contributed by atoms with Crippen LogP contribution in [0.15, 0.2) is 6.07 Å². The molecular formula is C16H21N3O2. The van der Waals surface area contributed by atoms with Crippen LogP contribution in [0, 0.1) is 31.1 Å². The lowest BCUT2D eigenvalue weighted by Gasteiger charge is -2.34. The van der Waals surface area contributed by atoms with Crippen molar-refractivity contribution < 1.29 is 9.53 Å². The van der Waals surface area contributed by atoms with Gasteiger partial charge in [0.05, 0.1) is 29.5 Å². The van der Waals surface area contributed by atoms with Crippen molar-refractivity contribution in [2.45, 2.75) is 33.6 Å². The Morgan fingerprint density at radius 3 is 3.00 bits per heavy atom. The topological polar surface area (TPSA) is 66.2 Å². The van der Waals surface area contributed by atoms with Crippen molar-refractivity contribution in [2.24, 2.45) is 5.92 Å². The van der Waals surface area contributed by atoms with Crippen LogP contribution in [0.1, 0.15) is 36.7 Å². The fourth-order valence-corrected chi connectivity index (χ4v) is 2.84. The van der Waals surface area contributed by atoms with Gasteiger partial charge in [0.2, 0.25) is 0 Å². The molecule has 1 aromatic rings. The Morgan fingerprint density at radius 2 is 2.33 bits per heavy atom. The highest BCUT2D eigenvalue weighted by Gasteiger charge is 2.28. The molecule has 1 aliphatic rings. The lowest BCUT2D eigenvalue weighted by Crippen LogP contribution is -2.40. The number of pyridine rings is 1. The predicted molar refractivity (Wildman–Crippen MR) is 80.0 cm³/mol. The highest BCUT2D eigenvalue weighted by molar-refractivity contribution is 5.74. The van der Waals surface area contributed by atoms with Gasteiger partial charge in [-0.15, -0.1) is 0 Å². The second kappa shape index (κ2) is 6.57. The van der Waals surface area contributed by atoms with Crippen molar-refractivity contribution in [1.29, 1.82) is 5.26 Å². The Kier molecular flexibility index (Phi) is 4.79. The molecule has 21 heavy (non-hydrogen) atoms. The zero-order chi connectivity index (χ0) is 15.4. The summed E-state index contributed by atoms with van der Waals surface area (Å²) in [5, 5.41) is 9.37. The molecule has 112 valence electrons. The highest BCUT2D eigenvalue weighted by Crippen LogP contribution is 2.28. The van der Waals surface area contributed by atoms with Gasteiger partial charge in [0.25, 0.3) is 0 Å². The number of esters is 1. The van der Waals surface area contributed by atoms with Gasteiger partial charge < -0.3 is 9.64 Å². The summed E-state index contributed by atoms with van der Waals surface area (Å²) in [5.41, 5.74) is 3.12. The van der Waals surface area contributed by atoms with E-state index < -0.39 is 0 Å². The van der Waals surface area contributed by atoms with E-state index in [0.29, 0.717) is 18.7 Å². The first-order chi connectivity index (χ1) is 10.1. The maximum Gasteiger partial charge on any atom is 0.310 e. The molecule has 1 saturated heterocycles. The molecule has 5 heteroatoms. The molecule has 0 saturated carbocycles. The molecule has 0 bridgehead atoms. The number of carbonyl (C=O) groups excluding carboxylic acids is 1. The second-order valence-electron chi connectivity index (χ2n) is 5.39. The Morgan fingerprint density at radius 1 is 1.57 bits per heavy atom. The lowest BCUT2D eigenvalue weighted by molar-refractivity contribution is -0.148. The van der Waals surface area contributed by atoms with Gasteiger partial charge in [0.1, 0.15) is 6.07 Å². The molecule has 0 aromatic carbocycles. The summed E-state index contributed by atoms with van der Waals surface area (Å²) in [6.45, 7) is 7.46. The summed E-state index contributed by atoms with van der Waals surface area (Å²) >= 11 is 0. The Balaban J connectivity index is 2.26. The standard InChI is InChI=1S/C16H21N3O2/c1-4-21-16(20)13-6-5-7-19(10-13)15-8-11(2)18-12(3)14(15)9-17/h8,13H,4-7,10H2,1-3H3. The molecule has 0 radical (unpaired) electrons. The van der Waals surface area contributed by atoms with E-state index in [1.54, 1.807) is 0 Å². The van der Waals surface area contributed by atoms with Gasteiger partial charge in [-0.05, 0) is 39.7 Å². The average Bonchev–Trinajstić information content (AvgIpc) is 2.47. The molecule has 1 atom stereocenters. The summed E-state index contributed by atoms with van der Waals surface area (Å²) < 4.78 is 5.13. The molecule has 0 aliphatic carbocycles. The zero-order valence-electron chi connectivity index (χ0n) is 12.8. The minimum Gasteiger partial charge on any atom is -0.466 e. The van der Waals surface area contributed by atoms with Gasteiger partial charge in [-0.25, -0.2) is 0 Å². The molecule has 0 spiro atoms. The summed E-state index contributed by atoms with van der Waals surface area (Å²) in [6, 6.07) is 4.17. The Hall–Kier alpha value is -2.09. The number of aryl methyl sites for hydroxylation is 2. The quantitative estimate of drug-likeness (QED) is 0.798. The number of nitrogens with zero attached hydrogens (tertiary/aromatic N) is 3. The summed E-state index contributed by atoms with van der Waals surface area (Å²) in [5.74, 6) is -0.248. The maximum atomic E-state index is 11.9. The number of aromatic nitrogens is 1. The number of rotatable bonds is 3. The minimum atomic E-state index is -0.136. The molecule has 0 N–H and O–H groups in total. The van der Waals surface area contributed by atoms with Crippen molar-refractivity contribution in [3.63, 3.8) is 0 Å². The van der Waals surface area contributed by atoms with Gasteiger partial charge >= 0.3 is 5.97 Å². The van der Waals surface area contributed by atoms with Gasteiger partial charge in [-0.3, -0.25) is 9.78 Å². The van der Waals surface area contributed by atoms with E-state index in [0.717, 1.165) is 36.5 Å². The number of ether oxygens (including phenoxy) is 1. The molecule has 0 amide bonds. The van der Waals surface area contributed by atoms with Crippen molar-refractivity contribution in [1.82, 2.24) is 4.98 Å². The van der Waals surface area contributed by atoms with Crippen LogP contribution in [0.3, 0.4) is 0 Å². The lowest BCUT2D eigenvalue weighted by atomic mass is 9.97. The van der Waals surface area contributed by atoms with Crippen LogP contribution in [0.25, 0.3) is 0 Å². The SMILES string of the molecule is CCOC(=O)C1CCCN(c2cc(C)nc(C)c2C#N)C1. The third kappa shape index (κ3) is 3.33. The van der Waals surface area contributed by atoms with Crippen molar-refractivity contribution in [3.8, 4) is 6.07 Å². The molecule has 5 nitrogen and oxygen atoms in total. The van der Waals surface area contributed by atoms with Gasteiger partial charge in [-0.2, -0.15) is 5.26 Å². The first kappa shape index (κ1) is 15.3. The normalized spacial score (nSPS) is 18.2. The molecule has 1 aliphatic heterocycles. The van der Waals surface area contributed by atoms with Crippen LogP contribution in [-0.4, -0.2) is 30.6 Å². The van der Waals surface area contributed by atoms with E-state index in [2.05, 4.69) is 16.0 Å². The van der Waals surface area contributed by atoms with Crippen molar-refractivity contribution in [2.75, 3.05) is 24.6 Å². The van der Waals surface area contributed by atoms with Crippen LogP contribution >= 0.6 is 0 Å². The molecule has 2 rings (SSSR count). The fraction of sp³-hybridized carbons (Fsp3) is 0.562. The van der Waals surface area contributed by atoms with Crippen LogP contribution in [0.5, 0.6) is 0 Å². The first-order valence-corrected chi connectivity index (χ1v) is 7.36. The van der Waals surface area contributed by atoms with Crippen molar-refractivity contribution in [3.05, 3.63) is 23.0 Å². The molecule has 1 fully saturated rings.